The molecule has 6 heteroatoms. The monoisotopic (exact) mass is 375 g/mol. The highest BCUT2D eigenvalue weighted by Gasteiger charge is 2.23. The Morgan fingerprint density at radius 3 is 2.69 bits per heavy atom. The molecule has 0 bridgehead atoms. The van der Waals surface area contributed by atoms with Gasteiger partial charge in [-0.15, -0.1) is 0 Å². The van der Waals surface area contributed by atoms with Crippen LogP contribution in [0.2, 0.25) is 0 Å². The van der Waals surface area contributed by atoms with Gasteiger partial charge in [-0.2, -0.15) is 11.3 Å². The zero-order chi connectivity index (χ0) is 18.7. The lowest BCUT2D eigenvalue weighted by molar-refractivity contribution is 0.0677. The quantitative estimate of drug-likeness (QED) is 0.338. The first-order chi connectivity index (χ1) is 12.6. The summed E-state index contributed by atoms with van der Waals surface area (Å²) in [5.74, 6) is 1.64. The summed E-state index contributed by atoms with van der Waals surface area (Å²) in [6.45, 7) is 6.43. The summed E-state index contributed by atoms with van der Waals surface area (Å²) in [5, 5.41) is 21.0. The molecule has 0 saturated carbocycles. The van der Waals surface area contributed by atoms with Crippen molar-refractivity contribution in [2.45, 2.75) is 32.3 Å². The normalized spacial score (nSPS) is 13.9. The maximum atomic E-state index is 10.6. The van der Waals surface area contributed by atoms with Gasteiger partial charge in [0.2, 0.25) is 0 Å². The van der Waals surface area contributed by atoms with Gasteiger partial charge in [-0.05, 0) is 61.2 Å². The molecular formula is C20H29N3O2S. The van der Waals surface area contributed by atoms with Crippen molar-refractivity contribution in [2.24, 2.45) is 4.99 Å². The molecule has 0 saturated heterocycles. The predicted octanol–water partition coefficient (Wildman–Crippen LogP) is 3.37. The van der Waals surface area contributed by atoms with E-state index >= 15 is 0 Å². The van der Waals surface area contributed by atoms with Crippen molar-refractivity contribution in [1.29, 1.82) is 0 Å². The number of nitrogens with one attached hydrogen (secondary N) is 2. The first-order valence-corrected chi connectivity index (χ1v) is 10.0. The fraction of sp³-hybridized carbons (Fsp3) is 0.450. The lowest BCUT2D eigenvalue weighted by Crippen LogP contribution is -2.39. The van der Waals surface area contributed by atoms with E-state index in [4.69, 9.17) is 4.74 Å². The van der Waals surface area contributed by atoms with Gasteiger partial charge in [0.25, 0.3) is 0 Å². The van der Waals surface area contributed by atoms with Crippen LogP contribution in [0.15, 0.2) is 52.2 Å². The van der Waals surface area contributed by atoms with E-state index in [0.29, 0.717) is 13.2 Å². The number of hydrogen-bond donors (Lipinski definition) is 3. The fourth-order valence-electron chi connectivity index (χ4n) is 2.38. The highest BCUT2D eigenvalue weighted by molar-refractivity contribution is 7.08. The van der Waals surface area contributed by atoms with Crippen LogP contribution in [0.4, 0.5) is 0 Å². The number of hydrogen-bond acceptors (Lipinski definition) is 4. The minimum Gasteiger partial charge on any atom is -0.494 e. The number of nitrogens with zero attached hydrogens (tertiary/aromatic N) is 1. The molecule has 1 atom stereocenters. The van der Waals surface area contributed by atoms with E-state index in [9.17, 15) is 5.11 Å². The summed E-state index contributed by atoms with van der Waals surface area (Å²) < 4.78 is 5.69. The molecule has 5 nitrogen and oxygen atoms in total. The predicted molar refractivity (Wildman–Crippen MR) is 109 cm³/mol. The van der Waals surface area contributed by atoms with Crippen LogP contribution in [-0.4, -0.2) is 37.3 Å². The summed E-state index contributed by atoms with van der Waals surface area (Å²) in [6, 6.07) is 11.8. The van der Waals surface area contributed by atoms with Gasteiger partial charge < -0.3 is 20.5 Å². The largest absolute Gasteiger partial charge is 0.494 e. The van der Waals surface area contributed by atoms with Gasteiger partial charge >= 0.3 is 0 Å². The van der Waals surface area contributed by atoms with Crippen molar-refractivity contribution < 1.29 is 9.84 Å². The number of guanidine groups is 1. The zero-order valence-electron chi connectivity index (χ0n) is 15.6. The molecule has 0 fully saturated rings. The molecule has 2 rings (SSSR count). The Morgan fingerprint density at radius 2 is 2.00 bits per heavy atom. The topological polar surface area (TPSA) is 65.9 Å². The van der Waals surface area contributed by atoms with Gasteiger partial charge in [0.15, 0.2) is 5.96 Å². The molecule has 1 aromatic heterocycles. The third kappa shape index (κ3) is 7.06. The van der Waals surface area contributed by atoms with Crippen LogP contribution in [0, 0.1) is 0 Å². The van der Waals surface area contributed by atoms with E-state index in [1.807, 2.05) is 54.1 Å². The smallest absolute Gasteiger partial charge is 0.191 e. The van der Waals surface area contributed by atoms with Crippen molar-refractivity contribution in [2.75, 3.05) is 26.2 Å². The number of benzene rings is 1. The van der Waals surface area contributed by atoms with E-state index in [1.54, 1.807) is 18.3 Å². The van der Waals surface area contributed by atoms with Crippen molar-refractivity contribution in [3.63, 3.8) is 0 Å². The van der Waals surface area contributed by atoms with Gasteiger partial charge in [-0.3, -0.25) is 0 Å². The van der Waals surface area contributed by atoms with Crippen LogP contribution in [0.1, 0.15) is 32.3 Å². The summed E-state index contributed by atoms with van der Waals surface area (Å²) >= 11 is 1.58. The molecule has 0 amide bonds. The molecule has 1 heterocycles. The first kappa shape index (κ1) is 20.3. The number of para-hydroxylation sites is 1. The summed E-state index contributed by atoms with van der Waals surface area (Å²) in [7, 11) is 0. The maximum Gasteiger partial charge on any atom is 0.191 e. The second kappa shape index (κ2) is 10.8. The van der Waals surface area contributed by atoms with Gasteiger partial charge in [0.05, 0.1) is 13.2 Å². The van der Waals surface area contributed by atoms with Crippen molar-refractivity contribution in [1.82, 2.24) is 10.6 Å². The molecule has 0 spiro atoms. The van der Waals surface area contributed by atoms with E-state index in [0.717, 1.165) is 43.2 Å². The van der Waals surface area contributed by atoms with Crippen LogP contribution < -0.4 is 15.4 Å². The van der Waals surface area contributed by atoms with E-state index in [1.165, 1.54) is 0 Å². The van der Waals surface area contributed by atoms with Gasteiger partial charge in [-0.25, -0.2) is 4.99 Å². The molecule has 3 N–H and O–H groups in total. The third-order valence-corrected chi connectivity index (χ3v) is 4.59. The zero-order valence-corrected chi connectivity index (χ0v) is 16.4. The highest BCUT2D eigenvalue weighted by atomic mass is 32.1. The lowest BCUT2D eigenvalue weighted by atomic mass is 10.00. The Balaban J connectivity index is 1.70. The number of thiophene rings is 1. The average molecular weight is 376 g/mol. The van der Waals surface area contributed by atoms with E-state index in [-0.39, 0.29) is 0 Å². The number of aliphatic imine (C=N–C) groups is 1. The van der Waals surface area contributed by atoms with E-state index in [2.05, 4.69) is 15.6 Å². The first-order valence-electron chi connectivity index (χ1n) is 9.07. The van der Waals surface area contributed by atoms with Crippen molar-refractivity contribution >= 4 is 17.3 Å². The van der Waals surface area contributed by atoms with Crippen molar-refractivity contribution in [3.8, 4) is 5.75 Å². The molecule has 0 aliphatic rings. The van der Waals surface area contributed by atoms with Gasteiger partial charge in [0, 0.05) is 13.1 Å². The van der Waals surface area contributed by atoms with Gasteiger partial charge in [-0.1, -0.05) is 18.2 Å². The van der Waals surface area contributed by atoms with Crippen molar-refractivity contribution in [3.05, 3.63) is 52.7 Å². The van der Waals surface area contributed by atoms with Crippen LogP contribution in [0.25, 0.3) is 0 Å². The Hall–Kier alpha value is -2.05. The SMILES string of the molecule is CCNC(=NCC(C)(O)c1ccsc1)NCCCCOc1ccccc1. The fourth-order valence-corrected chi connectivity index (χ4v) is 3.16. The van der Waals surface area contributed by atoms with Crippen LogP contribution in [-0.2, 0) is 5.60 Å². The highest BCUT2D eigenvalue weighted by Crippen LogP contribution is 2.23. The number of aliphatic hydroxyl groups is 1. The molecule has 0 radical (unpaired) electrons. The lowest BCUT2D eigenvalue weighted by Gasteiger charge is -2.21. The molecule has 0 aliphatic heterocycles. The van der Waals surface area contributed by atoms with Crippen LogP contribution >= 0.6 is 11.3 Å². The number of ether oxygens (including phenoxy) is 1. The number of unbranched alkanes of at least 4 members (excludes halogenated alkanes) is 1. The molecule has 0 aliphatic carbocycles. The second-order valence-corrected chi connectivity index (χ2v) is 7.06. The molecule has 2 aromatic rings. The Kier molecular flexibility index (Phi) is 8.44. The average Bonchev–Trinajstić information content (AvgIpc) is 3.19. The minimum absolute atomic E-state index is 0.316. The molecule has 1 unspecified atom stereocenters. The van der Waals surface area contributed by atoms with E-state index < -0.39 is 5.60 Å². The molecule has 26 heavy (non-hydrogen) atoms. The Bertz CT molecular complexity index is 642. The summed E-state index contributed by atoms with van der Waals surface area (Å²) in [6.07, 6.45) is 1.95. The standard InChI is InChI=1S/C20H29N3O2S/c1-3-21-19(23-16-20(2,24)17-11-14-26-15-17)22-12-7-8-13-25-18-9-5-4-6-10-18/h4-6,9-11,14-15,24H,3,7-8,12-13,16H2,1-2H3,(H2,21,22,23). The minimum atomic E-state index is -0.953. The molecular weight excluding hydrogens is 346 g/mol. The second-order valence-electron chi connectivity index (χ2n) is 6.28. The molecule has 1 aromatic carbocycles. The Labute approximate surface area is 160 Å². The Morgan fingerprint density at radius 1 is 1.19 bits per heavy atom. The van der Waals surface area contributed by atoms with Gasteiger partial charge in [0.1, 0.15) is 11.4 Å². The summed E-state index contributed by atoms with van der Waals surface area (Å²) in [4.78, 5) is 4.52. The van der Waals surface area contributed by atoms with Crippen LogP contribution in [0.3, 0.4) is 0 Å². The number of rotatable bonds is 10. The summed E-state index contributed by atoms with van der Waals surface area (Å²) in [5.41, 5.74) is -0.0496. The van der Waals surface area contributed by atoms with Crippen LogP contribution in [0.5, 0.6) is 5.75 Å². The molecule has 142 valence electrons. The maximum absolute atomic E-state index is 10.6. The third-order valence-electron chi connectivity index (χ3n) is 3.91.